The maximum absolute atomic E-state index is 11.9. The third kappa shape index (κ3) is 3.38. The van der Waals surface area contributed by atoms with Gasteiger partial charge in [-0.05, 0) is 6.07 Å². The Balaban J connectivity index is 1.94. The molecule has 102 valence electrons. The van der Waals surface area contributed by atoms with Gasteiger partial charge in [-0.15, -0.1) is 0 Å². The predicted molar refractivity (Wildman–Crippen MR) is 68.8 cm³/mol. The first-order valence-corrected chi connectivity index (χ1v) is 6.00. The highest BCUT2D eigenvalue weighted by atomic mass is 16.6. The molecule has 0 aliphatic carbocycles. The summed E-state index contributed by atoms with van der Waals surface area (Å²) in [6, 6.07) is 2.84. The maximum Gasteiger partial charge on any atom is 0.311 e. The Hall–Kier alpha value is -2.22. The highest BCUT2D eigenvalue weighted by molar-refractivity contribution is 5.81. The Bertz CT molecular complexity index is 473. The first kappa shape index (κ1) is 13.2. The van der Waals surface area contributed by atoms with Crippen molar-refractivity contribution in [2.24, 2.45) is 0 Å². The summed E-state index contributed by atoms with van der Waals surface area (Å²) in [5, 5.41) is 16.7. The fourth-order valence-corrected chi connectivity index (χ4v) is 1.87. The first-order valence-electron chi connectivity index (χ1n) is 6.00. The minimum atomic E-state index is -0.523. The lowest BCUT2D eigenvalue weighted by Crippen LogP contribution is -2.48. The molecule has 2 rings (SSSR count). The van der Waals surface area contributed by atoms with E-state index in [2.05, 4.69) is 15.6 Å². The largest absolute Gasteiger partial charge is 0.355 e. The smallest absolute Gasteiger partial charge is 0.311 e. The Labute approximate surface area is 110 Å². The van der Waals surface area contributed by atoms with Gasteiger partial charge in [0.05, 0.1) is 11.5 Å². The normalized spacial score (nSPS) is 15.1. The minimum absolute atomic E-state index is 0.0118. The predicted octanol–water partition coefficient (Wildman–Crippen LogP) is -0.167. The number of amides is 1. The van der Waals surface area contributed by atoms with Gasteiger partial charge in [-0.25, -0.2) is 4.98 Å². The summed E-state index contributed by atoms with van der Waals surface area (Å²) in [5.41, 5.74) is -0.129. The highest BCUT2D eigenvalue weighted by Crippen LogP contribution is 2.19. The number of nitrogens with zero attached hydrogens (tertiary/aromatic N) is 3. The molecular formula is C11H15N5O3. The second-order valence-corrected chi connectivity index (χ2v) is 4.11. The van der Waals surface area contributed by atoms with Crippen LogP contribution in [0.3, 0.4) is 0 Å². The fraction of sp³-hybridized carbons (Fsp3) is 0.455. The van der Waals surface area contributed by atoms with Gasteiger partial charge in [0.15, 0.2) is 0 Å². The van der Waals surface area contributed by atoms with Crippen molar-refractivity contribution in [2.45, 2.75) is 0 Å². The van der Waals surface area contributed by atoms with Gasteiger partial charge in [0.1, 0.15) is 0 Å². The number of aromatic nitrogens is 1. The van der Waals surface area contributed by atoms with E-state index in [9.17, 15) is 14.9 Å². The monoisotopic (exact) mass is 265 g/mol. The van der Waals surface area contributed by atoms with E-state index in [0.29, 0.717) is 13.1 Å². The van der Waals surface area contributed by atoms with E-state index in [4.69, 9.17) is 0 Å². The summed E-state index contributed by atoms with van der Waals surface area (Å²) in [6.45, 7) is 2.87. The molecule has 1 aliphatic heterocycles. The summed E-state index contributed by atoms with van der Waals surface area (Å²) in [6.07, 6.45) is 1.45. The van der Waals surface area contributed by atoms with Crippen LogP contribution in [0.15, 0.2) is 18.3 Å². The average molecular weight is 265 g/mol. The second-order valence-electron chi connectivity index (χ2n) is 4.11. The number of anilines is 1. The van der Waals surface area contributed by atoms with Crippen molar-refractivity contribution in [1.29, 1.82) is 0 Å². The van der Waals surface area contributed by atoms with E-state index in [0.717, 1.165) is 13.1 Å². The zero-order chi connectivity index (χ0) is 13.7. The number of rotatable bonds is 4. The topological polar surface area (TPSA) is 100 Å². The summed E-state index contributed by atoms with van der Waals surface area (Å²) >= 11 is 0. The molecule has 1 aromatic rings. The van der Waals surface area contributed by atoms with Crippen molar-refractivity contribution in [2.75, 3.05) is 38.0 Å². The van der Waals surface area contributed by atoms with Crippen molar-refractivity contribution >= 4 is 17.4 Å². The van der Waals surface area contributed by atoms with Crippen molar-refractivity contribution < 1.29 is 9.72 Å². The Kier molecular flexibility index (Phi) is 4.24. The molecule has 1 aromatic heterocycles. The van der Waals surface area contributed by atoms with Gasteiger partial charge in [0.25, 0.3) is 0 Å². The van der Waals surface area contributed by atoms with Crippen LogP contribution in [0.25, 0.3) is 0 Å². The fourth-order valence-electron chi connectivity index (χ4n) is 1.87. The van der Waals surface area contributed by atoms with Gasteiger partial charge in [-0.1, -0.05) is 0 Å². The molecule has 19 heavy (non-hydrogen) atoms. The van der Waals surface area contributed by atoms with Gasteiger partial charge in [0.2, 0.25) is 11.7 Å². The zero-order valence-corrected chi connectivity index (χ0v) is 10.3. The SMILES string of the molecule is O=C(CNc1ncccc1[N+](=O)[O-])N1CCNCC1. The molecule has 8 heteroatoms. The third-order valence-electron chi connectivity index (χ3n) is 2.86. The molecule has 0 radical (unpaired) electrons. The van der Waals surface area contributed by atoms with E-state index in [1.54, 1.807) is 4.90 Å². The number of nitrogens with one attached hydrogen (secondary N) is 2. The molecule has 1 saturated heterocycles. The summed E-state index contributed by atoms with van der Waals surface area (Å²) in [5.74, 6) is 0.0393. The molecule has 0 bridgehead atoms. The van der Waals surface area contributed by atoms with Crippen LogP contribution in [-0.4, -0.2) is 53.4 Å². The summed E-state index contributed by atoms with van der Waals surface area (Å²) in [4.78, 5) is 27.8. The van der Waals surface area contributed by atoms with Crippen molar-refractivity contribution in [3.63, 3.8) is 0 Å². The van der Waals surface area contributed by atoms with Gasteiger partial charge >= 0.3 is 5.69 Å². The second kappa shape index (κ2) is 6.10. The third-order valence-corrected chi connectivity index (χ3v) is 2.86. The molecule has 0 spiro atoms. The number of carbonyl (C=O) groups is 1. The number of piperazine rings is 1. The van der Waals surface area contributed by atoms with Crippen molar-refractivity contribution in [1.82, 2.24) is 15.2 Å². The van der Waals surface area contributed by atoms with Crippen molar-refractivity contribution in [3.05, 3.63) is 28.4 Å². The molecular weight excluding hydrogens is 250 g/mol. The van der Waals surface area contributed by atoms with Crippen LogP contribution in [0.1, 0.15) is 0 Å². The molecule has 2 heterocycles. The Morgan fingerprint density at radius 3 is 2.95 bits per heavy atom. The number of pyridine rings is 1. The van der Waals surface area contributed by atoms with Crippen LogP contribution < -0.4 is 10.6 Å². The lowest BCUT2D eigenvalue weighted by atomic mass is 10.3. The van der Waals surface area contributed by atoms with E-state index < -0.39 is 4.92 Å². The molecule has 0 saturated carbocycles. The lowest BCUT2D eigenvalue weighted by Gasteiger charge is -2.27. The number of hydrogen-bond acceptors (Lipinski definition) is 6. The summed E-state index contributed by atoms with van der Waals surface area (Å²) < 4.78 is 0. The highest BCUT2D eigenvalue weighted by Gasteiger charge is 2.18. The number of nitro groups is 1. The Morgan fingerprint density at radius 2 is 2.26 bits per heavy atom. The number of carbonyl (C=O) groups excluding carboxylic acids is 1. The average Bonchev–Trinajstić information content (AvgIpc) is 2.46. The van der Waals surface area contributed by atoms with Crippen molar-refractivity contribution in [3.8, 4) is 0 Å². The molecule has 2 N–H and O–H groups in total. The lowest BCUT2D eigenvalue weighted by molar-refractivity contribution is -0.384. The van der Waals surface area contributed by atoms with E-state index in [1.807, 2.05) is 0 Å². The van der Waals surface area contributed by atoms with Crippen LogP contribution in [0, 0.1) is 10.1 Å². The molecule has 0 atom stereocenters. The molecule has 0 unspecified atom stereocenters. The van der Waals surface area contributed by atoms with E-state index in [1.165, 1.54) is 18.3 Å². The van der Waals surface area contributed by atoms with Gasteiger partial charge in [-0.2, -0.15) is 0 Å². The van der Waals surface area contributed by atoms with Gasteiger partial charge in [0, 0.05) is 38.4 Å². The number of hydrogen-bond donors (Lipinski definition) is 2. The van der Waals surface area contributed by atoms with E-state index in [-0.39, 0.29) is 24.0 Å². The van der Waals surface area contributed by atoms with Gasteiger partial charge in [-0.3, -0.25) is 14.9 Å². The minimum Gasteiger partial charge on any atom is -0.355 e. The molecule has 1 aliphatic rings. The van der Waals surface area contributed by atoms with E-state index >= 15 is 0 Å². The Morgan fingerprint density at radius 1 is 1.53 bits per heavy atom. The van der Waals surface area contributed by atoms with Crippen LogP contribution in [0.4, 0.5) is 11.5 Å². The molecule has 8 nitrogen and oxygen atoms in total. The molecule has 1 amide bonds. The van der Waals surface area contributed by atoms with Gasteiger partial charge < -0.3 is 15.5 Å². The first-order chi connectivity index (χ1) is 9.18. The maximum atomic E-state index is 11.9. The van der Waals surface area contributed by atoms with Crippen LogP contribution >= 0.6 is 0 Å². The molecule has 1 fully saturated rings. The standard InChI is InChI=1S/C11H15N5O3/c17-10(15-6-4-12-5-7-15)8-14-11-9(16(18)19)2-1-3-13-11/h1-3,12H,4-8H2,(H,13,14). The van der Waals surface area contributed by atoms with Crippen LogP contribution in [0.2, 0.25) is 0 Å². The van der Waals surface area contributed by atoms with Crippen LogP contribution in [-0.2, 0) is 4.79 Å². The molecule has 0 aromatic carbocycles. The quantitative estimate of drug-likeness (QED) is 0.579. The van der Waals surface area contributed by atoms with Crippen LogP contribution in [0.5, 0.6) is 0 Å². The zero-order valence-electron chi connectivity index (χ0n) is 10.3. The summed E-state index contributed by atoms with van der Waals surface area (Å²) in [7, 11) is 0.